The number of ether oxygens (including phenoxy) is 2. The summed E-state index contributed by atoms with van der Waals surface area (Å²) < 4.78 is 11.0. The number of hydrogen-bond acceptors (Lipinski definition) is 4. The summed E-state index contributed by atoms with van der Waals surface area (Å²) in [5.74, 6) is 0.305. The van der Waals surface area contributed by atoms with Gasteiger partial charge in [0.05, 0.1) is 19.6 Å². The SMILES string of the molecule is COC(=O)C(C)(C)[C@H](N)c1cc(Br)ccc1OC. The number of rotatable bonds is 4. The van der Waals surface area contributed by atoms with Gasteiger partial charge >= 0.3 is 5.97 Å². The second-order valence-corrected chi connectivity index (χ2v) is 5.49. The van der Waals surface area contributed by atoms with Crippen molar-refractivity contribution in [3.05, 3.63) is 28.2 Å². The zero-order chi connectivity index (χ0) is 13.9. The van der Waals surface area contributed by atoms with Crippen LogP contribution in [0.15, 0.2) is 22.7 Å². The highest BCUT2D eigenvalue weighted by atomic mass is 79.9. The highest BCUT2D eigenvalue weighted by Crippen LogP contribution is 2.38. The number of carbonyl (C=O) groups excluding carboxylic acids is 1. The molecule has 0 saturated heterocycles. The van der Waals surface area contributed by atoms with Crippen LogP contribution < -0.4 is 10.5 Å². The van der Waals surface area contributed by atoms with Gasteiger partial charge in [0.15, 0.2) is 0 Å². The fraction of sp³-hybridized carbons (Fsp3) is 0.462. The van der Waals surface area contributed by atoms with Crippen LogP contribution in [0.3, 0.4) is 0 Å². The van der Waals surface area contributed by atoms with Gasteiger partial charge in [0.1, 0.15) is 5.75 Å². The first-order valence-corrected chi connectivity index (χ1v) is 6.31. The minimum Gasteiger partial charge on any atom is -0.496 e. The molecule has 0 heterocycles. The van der Waals surface area contributed by atoms with E-state index >= 15 is 0 Å². The van der Waals surface area contributed by atoms with Crippen molar-refractivity contribution < 1.29 is 14.3 Å². The molecule has 4 nitrogen and oxygen atoms in total. The van der Waals surface area contributed by atoms with Crippen molar-refractivity contribution in [3.63, 3.8) is 0 Å². The average molecular weight is 316 g/mol. The first-order chi connectivity index (χ1) is 8.34. The molecule has 0 spiro atoms. The van der Waals surface area contributed by atoms with Crippen molar-refractivity contribution in [3.8, 4) is 5.75 Å². The topological polar surface area (TPSA) is 61.5 Å². The molecule has 1 atom stereocenters. The number of methoxy groups -OCH3 is 2. The number of hydrogen-bond donors (Lipinski definition) is 1. The zero-order valence-corrected chi connectivity index (χ0v) is 12.6. The van der Waals surface area contributed by atoms with Gasteiger partial charge in [-0.3, -0.25) is 4.79 Å². The molecule has 100 valence electrons. The van der Waals surface area contributed by atoms with Crippen LogP contribution in [0.4, 0.5) is 0 Å². The van der Waals surface area contributed by atoms with E-state index in [2.05, 4.69) is 15.9 Å². The molecule has 0 fully saturated rings. The Labute approximate surface area is 116 Å². The zero-order valence-electron chi connectivity index (χ0n) is 11.0. The van der Waals surface area contributed by atoms with Gasteiger partial charge in [0.2, 0.25) is 0 Å². The molecule has 0 aliphatic rings. The normalized spacial score (nSPS) is 13.0. The number of esters is 1. The molecule has 0 aromatic heterocycles. The Hall–Kier alpha value is -1.07. The molecule has 1 aromatic rings. The molecule has 0 radical (unpaired) electrons. The Morgan fingerprint density at radius 1 is 1.39 bits per heavy atom. The minimum atomic E-state index is -0.831. The van der Waals surface area contributed by atoms with Gasteiger partial charge in [-0.2, -0.15) is 0 Å². The largest absolute Gasteiger partial charge is 0.496 e. The highest BCUT2D eigenvalue weighted by Gasteiger charge is 2.38. The Bertz CT molecular complexity index is 446. The summed E-state index contributed by atoms with van der Waals surface area (Å²) in [6.45, 7) is 3.51. The number of halogens is 1. The molecule has 0 unspecified atom stereocenters. The third-order valence-corrected chi connectivity index (χ3v) is 3.51. The second-order valence-electron chi connectivity index (χ2n) is 4.58. The number of nitrogens with two attached hydrogens (primary N) is 1. The van der Waals surface area contributed by atoms with Crippen LogP contribution in [0.2, 0.25) is 0 Å². The number of carbonyl (C=O) groups is 1. The molecule has 0 bridgehead atoms. The third-order valence-electron chi connectivity index (χ3n) is 3.02. The van der Waals surface area contributed by atoms with Gasteiger partial charge in [-0.15, -0.1) is 0 Å². The molecule has 18 heavy (non-hydrogen) atoms. The van der Waals surface area contributed by atoms with E-state index in [0.717, 1.165) is 10.0 Å². The quantitative estimate of drug-likeness (QED) is 0.868. The predicted molar refractivity (Wildman–Crippen MR) is 73.4 cm³/mol. The maximum absolute atomic E-state index is 11.8. The summed E-state index contributed by atoms with van der Waals surface area (Å²) in [7, 11) is 2.93. The number of benzene rings is 1. The minimum absolute atomic E-state index is 0.350. The predicted octanol–water partition coefficient (Wildman–Crippen LogP) is 2.66. The summed E-state index contributed by atoms with van der Waals surface area (Å²) in [5, 5.41) is 0. The smallest absolute Gasteiger partial charge is 0.313 e. The van der Waals surface area contributed by atoms with Crippen LogP contribution in [-0.2, 0) is 9.53 Å². The fourth-order valence-electron chi connectivity index (χ4n) is 1.73. The van der Waals surface area contributed by atoms with Gasteiger partial charge < -0.3 is 15.2 Å². The van der Waals surface area contributed by atoms with Crippen molar-refractivity contribution in [2.75, 3.05) is 14.2 Å². The third kappa shape index (κ3) is 2.84. The lowest BCUT2D eigenvalue weighted by atomic mass is 9.80. The van der Waals surface area contributed by atoms with Crippen LogP contribution >= 0.6 is 15.9 Å². The standard InChI is InChI=1S/C13H18BrNO3/c1-13(2,12(16)18-4)11(15)9-7-8(14)5-6-10(9)17-3/h5-7,11H,15H2,1-4H3/t11-/m1/s1. The molecule has 0 aliphatic heterocycles. The van der Waals surface area contributed by atoms with E-state index in [-0.39, 0.29) is 5.97 Å². The van der Waals surface area contributed by atoms with E-state index in [0.29, 0.717) is 5.75 Å². The molecule has 1 rings (SSSR count). The molecule has 0 saturated carbocycles. The fourth-order valence-corrected chi connectivity index (χ4v) is 2.11. The van der Waals surface area contributed by atoms with E-state index < -0.39 is 11.5 Å². The second kappa shape index (κ2) is 5.71. The highest BCUT2D eigenvalue weighted by molar-refractivity contribution is 9.10. The van der Waals surface area contributed by atoms with Gasteiger partial charge in [-0.05, 0) is 32.0 Å². The average Bonchev–Trinajstić information content (AvgIpc) is 2.36. The summed E-state index contributed by atoms with van der Waals surface area (Å²) in [6.07, 6.45) is 0. The van der Waals surface area contributed by atoms with E-state index in [4.69, 9.17) is 15.2 Å². The van der Waals surface area contributed by atoms with Crippen LogP contribution in [0, 0.1) is 5.41 Å². The van der Waals surface area contributed by atoms with Crippen LogP contribution in [0.5, 0.6) is 5.75 Å². The van der Waals surface area contributed by atoms with E-state index in [9.17, 15) is 4.79 Å². The molecular formula is C13H18BrNO3. The maximum Gasteiger partial charge on any atom is 0.313 e. The summed E-state index contributed by atoms with van der Waals surface area (Å²) in [5.41, 5.74) is 6.13. The molecule has 0 aliphatic carbocycles. The Kier molecular flexibility index (Phi) is 4.76. The summed E-state index contributed by atoms with van der Waals surface area (Å²) >= 11 is 3.39. The van der Waals surface area contributed by atoms with Gasteiger partial charge in [0.25, 0.3) is 0 Å². The Morgan fingerprint density at radius 2 is 2.00 bits per heavy atom. The van der Waals surface area contributed by atoms with Crippen molar-refractivity contribution in [2.45, 2.75) is 19.9 Å². The van der Waals surface area contributed by atoms with Crippen molar-refractivity contribution >= 4 is 21.9 Å². The van der Waals surface area contributed by atoms with Crippen molar-refractivity contribution in [2.24, 2.45) is 11.1 Å². The first kappa shape index (κ1) is 15.0. The molecule has 1 aromatic carbocycles. The van der Waals surface area contributed by atoms with Gasteiger partial charge in [-0.25, -0.2) is 0 Å². The monoisotopic (exact) mass is 315 g/mol. The lowest BCUT2D eigenvalue weighted by molar-refractivity contribution is -0.152. The first-order valence-electron chi connectivity index (χ1n) is 5.52. The molecule has 0 amide bonds. The van der Waals surface area contributed by atoms with Crippen LogP contribution in [0.25, 0.3) is 0 Å². The van der Waals surface area contributed by atoms with Gasteiger partial charge in [0, 0.05) is 16.1 Å². The Balaban J connectivity index is 3.21. The van der Waals surface area contributed by atoms with Gasteiger partial charge in [-0.1, -0.05) is 15.9 Å². The van der Waals surface area contributed by atoms with E-state index in [1.165, 1.54) is 7.11 Å². The molecular weight excluding hydrogens is 298 g/mol. The van der Waals surface area contributed by atoms with Crippen molar-refractivity contribution in [1.82, 2.24) is 0 Å². The van der Waals surface area contributed by atoms with Crippen LogP contribution in [-0.4, -0.2) is 20.2 Å². The van der Waals surface area contributed by atoms with E-state index in [1.54, 1.807) is 21.0 Å². The molecule has 5 heteroatoms. The maximum atomic E-state index is 11.8. The lowest BCUT2D eigenvalue weighted by Crippen LogP contribution is -2.37. The van der Waals surface area contributed by atoms with Crippen LogP contribution in [0.1, 0.15) is 25.5 Å². The van der Waals surface area contributed by atoms with Crippen molar-refractivity contribution in [1.29, 1.82) is 0 Å². The summed E-state index contributed by atoms with van der Waals surface area (Å²) in [6, 6.07) is 5.01. The lowest BCUT2D eigenvalue weighted by Gasteiger charge is -2.30. The summed E-state index contributed by atoms with van der Waals surface area (Å²) in [4.78, 5) is 11.8. The molecule has 2 N–H and O–H groups in total. The Morgan fingerprint density at radius 3 is 2.50 bits per heavy atom. The van der Waals surface area contributed by atoms with E-state index in [1.807, 2.05) is 18.2 Å².